The van der Waals surface area contributed by atoms with Crippen molar-refractivity contribution in [2.75, 3.05) is 18.1 Å². The molecular formula is C23H34O6S. The topological polar surface area (TPSA) is 115 Å². The van der Waals surface area contributed by atoms with Crippen LogP contribution in [0.1, 0.15) is 52.4 Å². The third kappa shape index (κ3) is 3.07. The van der Waals surface area contributed by atoms with Crippen LogP contribution < -0.4 is 0 Å². The van der Waals surface area contributed by atoms with E-state index in [-0.39, 0.29) is 42.3 Å². The summed E-state index contributed by atoms with van der Waals surface area (Å²) < 4.78 is 0. The van der Waals surface area contributed by atoms with Crippen molar-refractivity contribution in [2.24, 2.45) is 28.6 Å². The van der Waals surface area contributed by atoms with Crippen molar-refractivity contribution < 1.29 is 30.0 Å². The van der Waals surface area contributed by atoms with Crippen LogP contribution in [0.15, 0.2) is 11.6 Å². The molecule has 0 amide bonds. The van der Waals surface area contributed by atoms with Gasteiger partial charge in [-0.3, -0.25) is 9.59 Å². The van der Waals surface area contributed by atoms with Crippen molar-refractivity contribution in [3.63, 3.8) is 0 Å². The Hall–Kier alpha value is -0.730. The highest BCUT2D eigenvalue weighted by atomic mass is 32.2. The number of aliphatic hydroxyl groups excluding tert-OH is 3. The Kier molecular flexibility index (Phi) is 5.76. The predicted octanol–water partition coefficient (Wildman–Crippen LogP) is 1.49. The SMILES string of the molecule is C[C@]12C[C@H](O)[C@H](O)C[C@H]1C(=O)C=C1C2CC[C@]2(C)[C@@H](C(=O)CSCCO)CC[C@@]12O. The Labute approximate surface area is 182 Å². The lowest BCUT2D eigenvalue weighted by Gasteiger charge is -2.59. The second-order valence-electron chi connectivity index (χ2n) is 10.3. The maximum atomic E-state index is 13.1. The molecule has 4 aliphatic rings. The van der Waals surface area contributed by atoms with Crippen molar-refractivity contribution >= 4 is 23.3 Å². The standard InChI is InChI=1S/C23H34O6S/c1-21-11-19(27)18(26)10-16(21)17(25)9-15-13(21)3-5-22(2)14(4-6-23(15,22)29)20(28)12-30-8-7-24/h9,13-14,16,18-19,24,26-27,29H,3-8,10-12H2,1-2H3/t13?,14-,16+,18-,19+,21-,22-,23-/m1/s1. The minimum atomic E-state index is -1.19. The monoisotopic (exact) mass is 438 g/mol. The molecule has 0 heterocycles. The van der Waals surface area contributed by atoms with E-state index in [2.05, 4.69) is 0 Å². The van der Waals surface area contributed by atoms with Gasteiger partial charge in [0.15, 0.2) is 5.78 Å². The number of hydrogen-bond acceptors (Lipinski definition) is 7. The highest BCUT2D eigenvalue weighted by Crippen LogP contribution is 2.67. The normalized spacial score (nSPS) is 47.9. The average Bonchev–Trinajstić information content (AvgIpc) is 2.96. The van der Waals surface area contributed by atoms with Crippen LogP contribution in [0.5, 0.6) is 0 Å². The second-order valence-corrected chi connectivity index (χ2v) is 11.4. The van der Waals surface area contributed by atoms with E-state index in [9.17, 15) is 24.9 Å². The van der Waals surface area contributed by atoms with E-state index in [1.807, 2.05) is 13.8 Å². The molecule has 0 spiro atoms. The summed E-state index contributed by atoms with van der Waals surface area (Å²) in [5, 5.41) is 41.5. The number of Topliss-reactive ketones (excluding diaryl/α,β-unsaturated/α-hetero) is 1. The van der Waals surface area contributed by atoms with Gasteiger partial charge in [0.2, 0.25) is 0 Å². The molecule has 4 N–H and O–H groups in total. The fourth-order valence-electron chi connectivity index (χ4n) is 7.22. The van der Waals surface area contributed by atoms with Crippen LogP contribution in [0.2, 0.25) is 0 Å². The van der Waals surface area contributed by atoms with E-state index in [4.69, 9.17) is 5.11 Å². The average molecular weight is 439 g/mol. The number of allylic oxidation sites excluding steroid dienone is 1. The minimum absolute atomic E-state index is 0.0296. The van der Waals surface area contributed by atoms with Crippen LogP contribution in [0, 0.1) is 28.6 Å². The number of carbonyl (C=O) groups excluding carboxylic acids is 2. The Balaban J connectivity index is 1.66. The molecule has 7 heteroatoms. The molecule has 0 saturated heterocycles. The van der Waals surface area contributed by atoms with E-state index in [1.54, 1.807) is 6.08 Å². The van der Waals surface area contributed by atoms with Crippen LogP contribution in [0.3, 0.4) is 0 Å². The van der Waals surface area contributed by atoms with Crippen LogP contribution in [0.4, 0.5) is 0 Å². The van der Waals surface area contributed by atoms with Crippen LogP contribution in [-0.4, -0.2) is 67.9 Å². The highest BCUT2D eigenvalue weighted by Gasteiger charge is 2.67. The summed E-state index contributed by atoms with van der Waals surface area (Å²) in [5.41, 5.74) is -1.54. The van der Waals surface area contributed by atoms with Crippen LogP contribution in [-0.2, 0) is 9.59 Å². The number of hydrogen-bond donors (Lipinski definition) is 4. The second kappa shape index (κ2) is 7.69. The van der Waals surface area contributed by atoms with Crippen molar-refractivity contribution in [1.29, 1.82) is 0 Å². The van der Waals surface area contributed by atoms with Crippen LogP contribution >= 0.6 is 11.8 Å². The van der Waals surface area contributed by atoms with E-state index in [1.165, 1.54) is 11.8 Å². The molecule has 1 unspecified atom stereocenters. The van der Waals surface area contributed by atoms with Crippen molar-refractivity contribution in [3.8, 4) is 0 Å². The number of rotatable bonds is 5. The Morgan fingerprint density at radius 3 is 2.60 bits per heavy atom. The van der Waals surface area contributed by atoms with E-state index in [0.717, 1.165) is 12.0 Å². The molecule has 8 atom stereocenters. The van der Waals surface area contributed by atoms with Gasteiger partial charge in [-0.1, -0.05) is 13.8 Å². The van der Waals surface area contributed by atoms with E-state index >= 15 is 0 Å². The summed E-state index contributed by atoms with van der Waals surface area (Å²) in [6, 6.07) is 0. The van der Waals surface area contributed by atoms with Gasteiger partial charge in [0.25, 0.3) is 0 Å². The molecule has 4 rings (SSSR count). The lowest BCUT2D eigenvalue weighted by Crippen LogP contribution is -2.61. The summed E-state index contributed by atoms with van der Waals surface area (Å²) >= 11 is 1.42. The third-order valence-electron chi connectivity index (χ3n) is 8.99. The molecule has 6 nitrogen and oxygen atoms in total. The highest BCUT2D eigenvalue weighted by molar-refractivity contribution is 7.99. The molecule has 0 aliphatic heterocycles. The maximum Gasteiger partial charge on any atom is 0.159 e. The third-order valence-corrected chi connectivity index (χ3v) is 9.95. The predicted molar refractivity (Wildman–Crippen MR) is 114 cm³/mol. The number of aliphatic hydroxyl groups is 4. The first-order valence-corrected chi connectivity index (χ1v) is 12.3. The quantitative estimate of drug-likeness (QED) is 0.481. The lowest BCUT2D eigenvalue weighted by molar-refractivity contribution is -0.153. The molecule has 0 aromatic carbocycles. The smallest absolute Gasteiger partial charge is 0.159 e. The summed E-state index contributed by atoms with van der Waals surface area (Å²) in [6.07, 6.45) is 3.01. The zero-order valence-electron chi connectivity index (χ0n) is 17.8. The fraction of sp³-hybridized carbons (Fsp3) is 0.826. The van der Waals surface area contributed by atoms with Gasteiger partial charge in [-0.2, -0.15) is 11.8 Å². The van der Waals surface area contributed by atoms with Gasteiger partial charge in [0.1, 0.15) is 5.78 Å². The van der Waals surface area contributed by atoms with E-state index in [0.29, 0.717) is 37.2 Å². The van der Waals surface area contributed by atoms with Crippen molar-refractivity contribution in [1.82, 2.24) is 0 Å². The Morgan fingerprint density at radius 2 is 1.90 bits per heavy atom. The van der Waals surface area contributed by atoms with Gasteiger partial charge >= 0.3 is 0 Å². The van der Waals surface area contributed by atoms with E-state index < -0.39 is 28.6 Å². The van der Waals surface area contributed by atoms with Gasteiger partial charge in [-0.15, -0.1) is 0 Å². The maximum absolute atomic E-state index is 13.1. The first-order valence-electron chi connectivity index (χ1n) is 11.1. The zero-order chi connectivity index (χ0) is 21.9. The zero-order valence-corrected chi connectivity index (χ0v) is 18.7. The summed E-state index contributed by atoms with van der Waals surface area (Å²) in [4.78, 5) is 26.0. The molecule has 30 heavy (non-hydrogen) atoms. The molecular weight excluding hydrogens is 404 g/mol. The van der Waals surface area contributed by atoms with Gasteiger partial charge in [-0.05, 0) is 61.5 Å². The number of ketones is 2. The summed E-state index contributed by atoms with van der Waals surface area (Å²) in [5.74, 6) is 0.283. The fourth-order valence-corrected chi connectivity index (χ4v) is 7.90. The van der Waals surface area contributed by atoms with Crippen molar-refractivity contribution in [2.45, 2.75) is 70.2 Å². The molecule has 0 bridgehead atoms. The molecule has 4 aliphatic carbocycles. The Morgan fingerprint density at radius 1 is 1.17 bits per heavy atom. The number of carbonyl (C=O) groups is 2. The largest absolute Gasteiger partial charge is 0.396 e. The van der Waals surface area contributed by atoms with Crippen LogP contribution in [0.25, 0.3) is 0 Å². The Bertz CT molecular complexity index is 767. The summed E-state index contributed by atoms with van der Waals surface area (Å²) in [6.45, 7) is 4.06. The summed E-state index contributed by atoms with van der Waals surface area (Å²) in [7, 11) is 0. The van der Waals surface area contributed by atoms with Gasteiger partial charge in [0.05, 0.1) is 30.2 Å². The van der Waals surface area contributed by atoms with Gasteiger partial charge < -0.3 is 20.4 Å². The minimum Gasteiger partial charge on any atom is -0.396 e. The molecule has 0 radical (unpaired) electrons. The number of thioether (sulfide) groups is 1. The molecule has 3 saturated carbocycles. The lowest BCUT2D eigenvalue weighted by atomic mass is 9.46. The van der Waals surface area contributed by atoms with Gasteiger partial charge in [-0.25, -0.2) is 0 Å². The molecule has 0 aromatic heterocycles. The van der Waals surface area contributed by atoms with Gasteiger partial charge in [0, 0.05) is 23.0 Å². The first-order chi connectivity index (χ1) is 14.1. The molecule has 0 aromatic rings. The first kappa shape index (κ1) is 22.5. The molecule has 168 valence electrons. The molecule has 3 fully saturated rings. The van der Waals surface area contributed by atoms with Crippen molar-refractivity contribution in [3.05, 3.63) is 11.6 Å². The number of fused-ring (bicyclic) bond motifs is 5.